The Kier molecular flexibility index (Phi) is 6.09. The summed E-state index contributed by atoms with van der Waals surface area (Å²) in [5.74, 6) is 0.502. The molecule has 0 bridgehead atoms. The Morgan fingerprint density at radius 1 is 1.03 bits per heavy atom. The van der Waals surface area contributed by atoms with Crippen molar-refractivity contribution in [3.8, 4) is 5.75 Å². The van der Waals surface area contributed by atoms with Gasteiger partial charge >= 0.3 is 0 Å². The molecule has 1 aromatic heterocycles. The van der Waals surface area contributed by atoms with E-state index in [1.54, 1.807) is 31.4 Å². The average molecular weight is 406 g/mol. The minimum absolute atomic E-state index is 0.0879. The number of hydrogen-bond donors (Lipinski definition) is 1. The first kappa shape index (κ1) is 20.1. The Hall–Kier alpha value is -3.19. The average Bonchev–Trinajstić information content (AvgIpc) is 3.31. The molecule has 0 atom stereocenters. The van der Waals surface area contributed by atoms with Gasteiger partial charge in [0.25, 0.3) is 11.5 Å². The number of aromatic nitrogens is 2. The summed E-state index contributed by atoms with van der Waals surface area (Å²) < 4.78 is 6.67. The lowest BCUT2D eigenvalue weighted by molar-refractivity contribution is 0.0950. The summed E-state index contributed by atoms with van der Waals surface area (Å²) in [6, 6.07) is 14.4. The number of benzene rings is 2. The largest absolute Gasteiger partial charge is 0.497 e. The van der Waals surface area contributed by atoms with E-state index < -0.39 is 0 Å². The molecule has 156 valence electrons. The molecule has 0 saturated carbocycles. The number of carbonyl (C=O) groups excluding carboxylic acids is 1. The number of rotatable bonds is 7. The second-order valence-electron chi connectivity index (χ2n) is 7.48. The summed E-state index contributed by atoms with van der Waals surface area (Å²) in [7, 11) is 1.59. The summed E-state index contributed by atoms with van der Waals surface area (Å²) in [5, 5.41) is 8.92. The number of methoxy groups -OCH3 is 1. The molecule has 2 heterocycles. The third kappa shape index (κ3) is 4.36. The van der Waals surface area contributed by atoms with Gasteiger partial charge in [-0.3, -0.25) is 9.59 Å². The van der Waals surface area contributed by atoms with Gasteiger partial charge < -0.3 is 15.0 Å². The number of fused-ring (bicyclic) bond motifs is 1. The molecule has 0 aliphatic carbocycles. The molecule has 1 amide bonds. The first-order chi connectivity index (χ1) is 14.7. The Labute approximate surface area is 175 Å². The fraction of sp³-hybridized carbons (Fsp3) is 0.348. The van der Waals surface area contributed by atoms with E-state index in [0.717, 1.165) is 25.0 Å². The zero-order chi connectivity index (χ0) is 20.9. The Morgan fingerprint density at radius 2 is 1.73 bits per heavy atom. The maximum absolute atomic E-state index is 12.9. The number of likely N-dealkylation sites (tertiary alicyclic amines) is 1. The first-order valence-corrected chi connectivity index (χ1v) is 10.3. The number of hydrogen-bond acceptors (Lipinski definition) is 5. The van der Waals surface area contributed by atoms with Gasteiger partial charge in [0.1, 0.15) is 5.75 Å². The highest BCUT2D eigenvalue weighted by Gasteiger charge is 2.15. The van der Waals surface area contributed by atoms with Crippen molar-refractivity contribution in [2.24, 2.45) is 0 Å². The van der Waals surface area contributed by atoms with Gasteiger partial charge in [-0.05, 0) is 56.3 Å². The topological polar surface area (TPSA) is 76.5 Å². The van der Waals surface area contributed by atoms with Crippen LogP contribution in [-0.4, -0.2) is 47.3 Å². The van der Waals surface area contributed by atoms with Gasteiger partial charge in [-0.1, -0.05) is 18.2 Å². The molecule has 7 nitrogen and oxygen atoms in total. The van der Waals surface area contributed by atoms with Crippen LogP contribution < -0.4 is 15.6 Å². The van der Waals surface area contributed by atoms with E-state index in [1.807, 2.05) is 24.3 Å². The Bertz CT molecular complexity index is 1090. The van der Waals surface area contributed by atoms with E-state index in [2.05, 4.69) is 15.3 Å². The van der Waals surface area contributed by atoms with Crippen LogP contribution in [0.3, 0.4) is 0 Å². The van der Waals surface area contributed by atoms with Crippen LogP contribution >= 0.6 is 0 Å². The van der Waals surface area contributed by atoms with Gasteiger partial charge in [0.2, 0.25) is 0 Å². The third-order valence-electron chi connectivity index (χ3n) is 5.54. The molecule has 1 saturated heterocycles. The standard InChI is InChI=1S/C23H26N4O3/c1-30-18-10-8-17(9-11-18)22(28)24-16-21-19-6-2-3-7-20(19)23(29)27(25-21)15-14-26-12-4-5-13-26/h2-3,6-11H,4-5,12-16H2,1H3,(H,24,28). The predicted molar refractivity (Wildman–Crippen MR) is 116 cm³/mol. The first-order valence-electron chi connectivity index (χ1n) is 10.3. The molecule has 0 radical (unpaired) electrons. The van der Waals surface area contributed by atoms with E-state index in [9.17, 15) is 9.59 Å². The zero-order valence-electron chi connectivity index (χ0n) is 17.1. The van der Waals surface area contributed by atoms with E-state index >= 15 is 0 Å². The van der Waals surface area contributed by atoms with E-state index in [-0.39, 0.29) is 18.0 Å². The number of amides is 1. The molecule has 0 spiro atoms. The van der Waals surface area contributed by atoms with E-state index in [0.29, 0.717) is 28.9 Å². The molecule has 30 heavy (non-hydrogen) atoms. The summed E-state index contributed by atoms with van der Waals surface area (Å²) in [4.78, 5) is 27.8. The number of nitrogens with one attached hydrogen (secondary N) is 1. The maximum atomic E-state index is 12.9. The van der Waals surface area contributed by atoms with Crippen molar-refractivity contribution in [1.29, 1.82) is 0 Å². The number of carbonyl (C=O) groups is 1. The fourth-order valence-corrected chi connectivity index (χ4v) is 3.84. The van der Waals surface area contributed by atoms with Crippen LogP contribution in [-0.2, 0) is 13.1 Å². The van der Waals surface area contributed by atoms with Crippen molar-refractivity contribution >= 4 is 16.7 Å². The molecule has 1 fully saturated rings. The summed E-state index contributed by atoms with van der Waals surface area (Å²) in [5.41, 5.74) is 1.14. The SMILES string of the molecule is COc1ccc(C(=O)NCc2nn(CCN3CCCC3)c(=O)c3ccccc23)cc1. The lowest BCUT2D eigenvalue weighted by atomic mass is 10.1. The van der Waals surface area contributed by atoms with Gasteiger partial charge in [-0.25, -0.2) is 4.68 Å². The van der Waals surface area contributed by atoms with E-state index in [1.165, 1.54) is 17.5 Å². The van der Waals surface area contributed by atoms with Crippen LogP contribution in [0.25, 0.3) is 10.8 Å². The molecule has 7 heteroatoms. The van der Waals surface area contributed by atoms with Crippen molar-refractivity contribution in [2.75, 3.05) is 26.7 Å². The highest BCUT2D eigenvalue weighted by Crippen LogP contribution is 2.15. The monoisotopic (exact) mass is 406 g/mol. The van der Waals surface area contributed by atoms with Gasteiger partial charge in [-0.2, -0.15) is 5.10 Å². The smallest absolute Gasteiger partial charge is 0.274 e. The second-order valence-corrected chi connectivity index (χ2v) is 7.48. The second kappa shape index (κ2) is 9.09. The Balaban J connectivity index is 1.54. The Morgan fingerprint density at radius 3 is 2.43 bits per heavy atom. The van der Waals surface area contributed by atoms with Crippen LogP contribution in [0.15, 0.2) is 53.3 Å². The van der Waals surface area contributed by atoms with Crippen LogP contribution in [0.2, 0.25) is 0 Å². The quantitative estimate of drug-likeness (QED) is 0.652. The number of nitrogens with zero attached hydrogens (tertiary/aromatic N) is 3. The number of ether oxygens (including phenoxy) is 1. The van der Waals surface area contributed by atoms with Crippen molar-refractivity contribution in [2.45, 2.75) is 25.9 Å². The van der Waals surface area contributed by atoms with Crippen LogP contribution in [0.5, 0.6) is 5.75 Å². The normalized spacial score (nSPS) is 14.2. The molecule has 3 aromatic rings. The third-order valence-corrected chi connectivity index (χ3v) is 5.54. The minimum atomic E-state index is -0.196. The summed E-state index contributed by atoms with van der Waals surface area (Å²) in [6.45, 7) is 3.75. The molecule has 1 aliphatic rings. The zero-order valence-corrected chi connectivity index (χ0v) is 17.1. The molecule has 1 N–H and O–H groups in total. The van der Waals surface area contributed by atoms with Crippen molar-refractivity contribution in [3.63, 3.8) is 0 Å². The van der Waals surface area contributed by atoms with Crippen molar-refractivity contribution in [1.82, 2.24) is 20.0 Å². The summed E-state index contributed by atoms with van der Waals surface area (Å²) in [6.07, 6.45) is 2.42. The molecule has 0 unspecified atom stereocenters. The van der Waals surface area contributed by atoms with E-state index in [4.69, 9.17) is 4.74 Å². The van der Waals surface area contributed by atoms with Crippen LogP contribution in [0.4, 0.5) is 0 Å². The lowest BCUT2D eigenvalue weighted by Crippen LogP contribution is -2.32. The van der Waals surface area contributed by atoms with Crippen molar-refractivity contribution in [3.05, 3.63) is 70.1 Å². The highest BCUT2D eigenvalue weighted by atomic mass is 16.5. The lowest BCUT2D eigenvalue weighted by Gasteiger charge is -2.16. The molecular formula is C23H26N4O3. The van der Waals surface area contributed by atoms with Crippen molar-refractivity contribution < 1.29 is 9.53 Å². The van der Waals surface area contributed by atoms with Crippen LogP contribution in [0, 0.1) is 0 Å². The van der Waals surface area contributed by atoms with Gasteiger partial charge in [0.05, 0.1) is 31.3 Å². The molecule has 2 aromatic carbocycles. The molecule has 4 rings (SSSR count). The van der Waals surface area contributed by atoms with Crippen LogP contribution in [0.1, 0.15) is 28.9 Å². The predicted octanol–water partition coefficient (Wildman–Crippen LogP) is 2.43. The molecular weight excluding hydrogens is 380 g/mol. The minimum Gasteiger partial charge on any atom is -0.497 e. The van der Waals surface area contributed by atoms with Gasteiger partial charge in [0.15, 0.2) is 0 Å². The highest BCUT2D eigenvalue weighted by molar-refractivity contribution is 5.94. The van der Waals surface area contributed by atoms with Gasteiger partial charge in [-0.15, -0.1) is 0 Å². The maximum Gasteiger partial charge on any atom is 0.274 e. The molecule has 1 aliphatic heterocycles. The van der Waals surface area contributed by atoms with Gasteiger partial charge in [0, 0.05) is 17.5 Å². The fourth-order valence-electron chi connectivity index (χ4n) is 3.84. The summed E-state index contributed by atoms with van der Waals surface area (Å²) >= 11 is 0.